The van der Waals surface area contributed by atoms with Gasteiger partial charge in [0.05, 0.1) is 6.61 Å². The third-order valence-electron chi connectivity index (χ3n) is 2.72. The van der Waals surface area contributed by atoms with Crippen molar-refractivity contribution >= 4 is 17.5 Å². The monoisotopic (exact) mass is 285 g/mol. The summed E-state index contributed by atoms with van der Waals surface area (Å²) in [5.41, 5.74) is 6.44. The maximum atomic E-state index is 12.2. The molecule has 0 unspecified atom stereocenters. The Hall–Kier alpha value is -2.89. The van der Waals surface area contributed by atoms with Crippen molar-refractivity contribution < 1.29 is 14.3 Å². The molecule has 0 fully saturated rings. The number of nitrogens with two attached hydrogens (primary N) is 1. The average Bonchev–Trinajstić information content (AvgIpc) is 2.48. The lowest BCUT2D eigenvalue weighted by Gasteiger charge is -2.09. The normalized spacial score (nSPS) is 9.95. The summed E-state index contributed by atoms with van der Waals surface area (Å²) in [4.78, 5) is 27.2. The summed E-state index contributed by atoms with van der Waals surface area (Å²) < 4.78 is 5.31. The van der Waals surface area contributed by atoms with Crippen molar-refractivity contribution in [2.24, 2.45) is 5.73 Å². The van der Waals surface area contributed by atoms with E-state index in [-0.39, 0.29) is 11.8 Å². The molecule has 0 aliphatic carbocycles. The number of pyridine rings is 1. The summed E-state index contributed by atoms with van der Waals surface area (Å²) >= 11 is 0. The molecular weight excluding hydrogens is 270 g/mol. The quantitative estimate of drug-likeness (QED) is 0.876. The number of rotatable bonds is 5. The van der Waals surface area contributed by atoms with E-state index >= 15 is 0 Å². The molecule has 0 spiro atoms. The molecule has 1 heterocycles. The molecular formula is C15H15N3O3. The first kappa shape index (κ1) is 14.5. The Morgan fingerprint density at radius 3 is 2.57 bits per heavy atom. The first-order valence-corrected chi connectivity index (χ1v) is 6.41. The second-order valence-electron chi connectivity index (χ2n) is 4.18. The number of carbonyl (C=O) groups excluding carboxylic acids is 2. The summed E-state index contributed by atoms with van der Waals surface area (Å²) in [6, 6.07) is 9.59. The van der Waals surface area contributed by atoms with Crippen molar-refractivity contribution in [2.45, 2.75) is 6.92 Å². The molecule has 6 nitrogen and oxygen atoms in total. The molecule has 1 aromatic carbocycles. The molecule has 21 heavy (non-hydrogen) atoms. The van der Waals surface area contributed by atoms with Crippen LogP contribution in [0.2, 0.25) is 0 Å². The molecule has 0 aliphatic rings. The van der Waals surface area contributed by atoms with Gasteiger partial charge in [0.2, 0.25) is 11.8 Å². The molecule has 0 bridgehead atoms. The van der Waals surface area contributed by atoms with E-state index in [1.165, 1.54) is 0 Å². The van der Waals surface area contributed by atoms with Gasteiger partial charge in [-0.25, -0.2) is 4.98 Å². The molecule has 3 N–H and O–H groups in total. The molecule has 2 amide bonds. The number of amides is 2. The van der Waals surface area contributed by atoms with Crippen molar-refractivity contribution in [3.05, 3.63) is 53.7 Å². The summed E-state index contributed by atoms with van der Waals surface area (Å²) in [5, 5.41) is 2.71. The first-order valence-electron chi connectivity index (χ1n) is 6.41. The number of anilines is 1. The van der Waals surface area contributed by atoms with Crippen molar-refractivity contribution in [1.82, 2.24) is 4.98 Å². The van der Waals surface area contributed by atoms with E-state index in [0.717, 1.165) is 0 Å². The van der Waals surface area contributed by atoms with Gasteiger partial charge in [-0.15, -0.1) is 0 Å². The lowest BCUT2D eigenvalue weighted by molar-refractivity contribution is 0.0997. The minimum absolute atomic E-state index is 0.284. The number of nitrogens with zero attached hydrogens (tertiary/aromatic N) is 1. The van der Waals surface area contributed by atoms with Crippen LogP contribution in [0.25, 0.3) is 0 Å². The SMILES string of the molecule is CCOc1ncccc1C(=O)Nc1ccc(C(N)=O)cc1. The number of carbonyl (C=O) groups is 2. The van der Waals surface area contributed by atoms with Gasteiger partial charge < -0.3 is 15.8 Å². The van der Waals surface area contributed by atoms with Crippen LogP contribution in [0.1, 0.15) is 27.6 Å². The van der Waals surface area contributed by atoms with Gasteiger partial charge in [-0.3, -0.25) is 9.59 Å². The number of primary amides is 1. The zero-order valence-corrected chi connectivity index (χ0v) is 11.5. The van der Waals surface area contributed by atoms with Crippen LogP contribution in [0.4, 0.5) is 5.69 Å². The highest BCUT2D eigenvalue weighted by molar-refractivity contribution is 6.06. The van der Waals surface area contributed by atoms with Gasteiger partial charge in [0.15, 0.2) is 0 Å². The molecule has 0 radical (unpaired) electrons. The smallest absolute Gasteiger partial charge is 0.261 e. The Bertz CT molecular complexity index is 653. The van der Waals surface area contributed by atoms with Crippen LogP contribution in [0.5, 0.6) is 5.88 Å². The number of hydrogen-bond donors (Lipinski definition) is 2. The minimum Gasteiger partial charge on any atom is -0.477 e. The van der Waals surface area contributed by atoms with Gasteiger partial charge in [0, 0.05) is 17.4 Å². The number of benzene rings is 1. The summed E-state index contributed by atoms with van der Waals surface area (Å²) in [7, 11) is 0. The predicted molar refractivity (Wildman–Crippen MR) is 78.3 cm³/mol. The molecule has 0 saturated heterocycles. The summed E-state index contributed by atoms with van der Waals surface area (Å²) in [6.07, 6.45) is 1.56. The van der Waals surface area contributed by atoms with E-state index < -0.39 is 5.91 Å². The van der Waals surface area contributed by atoms with Gasteiger partial charge in [0.25, 0.3) is 5.91 Å². The van der Waals surface area contributed by atoms with E-state index in [1.54, 1.807) is 42.6 Å². The fraction of sp³-hybridized carbons (Fsp3) is 0.133. The van der Waals surface area contributed by atoms with E-state index in [9.17, 15) is 9.59 Å². The second-order valence-corrected chi connectivity index (χ2v) is 4.18. The first-order chi connectivity index (χ1) is 10.1. The minimum atomic E-state index is -0.515. The highest BCUT2D eigenvalue weighted by Crippen LogP contribution is 2.17. The Labute approximate surface area is 121 Å². The van der Waals surface area contributed by atoms with Crippen molar-refractivity contribution in [3.63, 3.8) is 0 Å². The second kappa shape index (κ2) is 6.51. The highest BCUT2D eigenvalue weighted by atomic mass is 16.5. The molecule has 1 aromatic heterocycles. The average molecular weight is 285 g/mol. The molecule has 2 aromatic rings. The third-order valence-corrected chi connectivity index (χ3v) is 2.72. The van der Waals surface area contributed by atoms with Crippen LogP contribution in [-0.2, 0) is 0 Å². The zero-order valence-electron chi connectivity index (χ0n) is 11.5. The lowest BCUT2D eigenvalue weighted by atomic mass is 10.2. The van der Waals surface area contributed by atoms with E-state index in [1.807, 2.05) is 6.92 Å². The van der Waals surface area contributed by atoms with E-state index in [4.69, 9.17) is 10.5 Å². The maximum absolute atomic E-state index is 12.2. The molecule has 0 saturated carbocycles. The lowest BCUT2D eigenvalue weighted by Crippen LogP contribution is -2.15. The number of ether oxygens (including phenoxy) is 1. The maximum Gasteiger partial charge on any atom is 0.261 e. The largest absolute Gasteiger partial charge is 0.477 e. The van der Waals surface area contributed by atoms with Crippen LogP contribution >= 0.6 is 0 Å². The van der Waals surface area contributed by atoms with E-state index in [0.29, 0.717) is 23.4 Å². The molecule has 0 atom stereocenters. The number of aromatic nitrogens is 1. The highest BCUT2D eigenvalue weighted by Gasteiger charge is 2.13. The van der Waals surface area contributed by atoms with Gasteiger partial charge in [0.1, 0.15) is 5.56 Å². The van der Waals surface area contributed by atoms with Crippen molar-refractivity contribution in [1.29, 1.82) is 0 Å². The Balaban J connectivity index is 2.16. The molecule has 0 aliphatic heterocycles. The predicted octanol–water partition coefficient (Wildman–Crippen LogP) is 1.83. The van der Waals surface area contributed by atoms with Crippen molar-refractivity contribution in [3.8, 4) is 5.88 Å². The molecule has 2 rings (SSSR count). The third kappa shape index (κ3) is 3.56. The van der Waals surface area contributed by atoms with Crippen LogP contribution in [-0.4, -0.2) is 23.4 Å². The van der Waals surface area contributed by atoms with Gasteiger partial charge >= 0.3 is 0 Å². The standard InChI is InChI=1S/C15H15N3O3/c1-2-21-15-12(4-3-9-17-15)14(20)18-11-7-5-10(6-8-11)13(16)19/h3-9H,2H2,1H3,(H2,16,19)(H,18,20). The van der Waals surface area contributed by atoms with Gasteiger partial charge in [-0.1, -0.05) is 0 Å². The van der Waals surface area contributed by atoms with E-state index in [2.05, 4.69) is 10.3 Å². The van der Waals surface area contributed by atoms with Crippen LogP contribution < -0.4 is 15.8 Å². The van der Waals surface area contributed by atoms with Crippen LogP contribution in [0, 0.1) is 0 Å². The van der Waals surface area contributed by atoms with Gasteiger partial charge in [-0.05, 0) is 43.3 Å². The Kier molecular flexibility index (Phi) is 4.50. The number of nitrogens with one attached hydrogen (secondary N) is 1. The van der Waals surface area contributed by atoms with Gasteiger partial charge in [-0.2, -0.15) is 0 Å². The fourth-order valence-corrected chi connectivity index (χ4v) is 1.73. The van der Waals surface area contributed by atoms with Crippen LogP contribution in [0.3, 0.4) is 0 Å². The molecule has 6 heteroatoms. The van der Waals surface area contributed by atoms with Crippen molar-refractivity contribution in [2.75, 3.05) is 11.9 Å². The fourth-order valence-electron chi connectivity index (χ4n) is 1.73. The molecule has 108 valence electrons. The topological polar surface area (TPSA) is 94.3 Å². The van der Waals surface area contributed by atoms with Crippen LogP contribution in [0.15, 0.2) is 42.6 Å². The summed E-state index contributed by atoms with van der Waals surface area (Å²) in [6.45, 7) is 2.24. The summed E-state index contributed by atoms with van der Waals surface area (Å²) in [5.74, 6) is -0.566. The zero-order chi connectivity index (χ0) is 15.2. The Morgan fingerprint density at radius 1 is 1.24 bits per heavy atom. The number of hydrogen-bond acceptors (Lipinski definition) is 4. The Morgan fingerprint density at radius 2 is 1.95 bits per heavy atom.